The van der Waals surface area contributed by atoms with E-state index in [-0.39, 0.29) is 29.9 Å². The van der Waals surface area contributed by atoms with E-state index in [1.54, 1.807) is 24.3 Å². The van der Waals surface area contributed by atoms with Crippen LogP contribution in [0, 0.1) is 5.92 Å². The van der Waals surface area contributed by atoms with Crippen LogP contribution >= 0.6 is 35.6 Å². The van der Waals surface area contributed by atoms with Crippen LogP contribution in [0.5, 0.6) is 0 Å². The number of carbonyl (C=O) groups excluding carboxylic acids is 1. The van der Waals surface area contributed by atoms with Crippen molar-refractivity contribution in [3.8, 4) is 0 Å². The number of piperidine rings is 1. The van der Waals surface area contributed by atoms with E-state index in [2.05, 4.69) is 22.1 Å². The number of nitrogens with zero attached hydrogens (tertiary/aromatic N) is 2. The molecule has 0 unspecified atom stereocenters. The first-order valence-electron chi connectivity index (χ1n) is 7.65. The van der Waals surface area contributed by atoms with Gasteiger partial charge >= 0.3 is 0 Å². The number of hydrogen-bond acceptors (Lipinski definition) is 2. The highest BCUT2D eigenvalue weighted by Crippen LogP contribution is 2.15. The molecule has 1 aliphatic heterocycles. The Kier molecular flexibility index (Phi) is 8.68. The van der Waals surface area contributed by atoms with Crippen molar-refractivity contribution in [2.75, 3.05) is 26.2 Å². The average Bonchev–Trinajstić information content (AvgIpc) is 2.52. The van der Waals surface area contributed by atoms with E-state index in [9.17, 15) is 4.79 Å². The summed E-state index contributed by atoms with van der Waals surface area (Å²) in [7, 11) is 0. The van der Waals surface area contributed by atoms with Crippen LogP contribution in [0.1, 0.15) is 30.1 Å². The Labute approximate surface area is 159 Å². The molecule has 2 rings (SSSR count). The Morgan fingerprint density at radius 3 is 2.57 bits per heavy atom. The Bertz CT molecular complexity index is 527. The second-order valence-electron chi connectivity index (χ2n) is 5.67. The van der Waals surface area contributed by atoms with Crippen LogP contribution < -0.4 is 11.1 Å². The summed E-state index contributed by atoms with van der Waals surface area (Å²) in [4.78, 5) is 18.3. The third-order valence-electron chi connectivity index (χ3n) is 3.89. The topological polar surface area (TPSA) is 70.7 Å². The zero-order valence-electron chi connectivity index (χ0n) is 13.3. The molecule has 1 amide bonds. The lowest BCUT2D eigenvalue weighted by atomic mass is 10.00. The predicted octanol–water partition coefficient (Wildman–Crippen LogP) is 2.73. The number of benzene rings is 1. The van der Waals surface area contributed by atoms with Gasteiger partial charge in [0.2, 0.25) is 0 Å². The standard InChI is InChI=1S/C16H23ClN4O.HI/c1-12-6-10-21(11-7-12)16(18)20-9-8-19-15(22)13-2-4-14(17)5-3-13;/h2-5,12H,6-11H2,1H3,(H2,18,20)(H,19,22);1H. The van der Waals surface area contributed by atoms with Crippen LogP contribution in [0.4, 0.5) is 0 Å². The van der Waals surface area contributed by atoms with E-state index in [0.717, 1.165) is 31.8 Å². The van der Waals surface area contributed by atoms with Crippen LogP contribution in [0.15, 0.2) is 29.3 Å². The molecule has 0 aromatic heterocycles. The van der Waals surface area contributed by atoms with Crippen molar-refractivity contribution in [1.82, 2.24) is 10.2 Å². The summed E-state index contributed by atoms with van der Waals surface area (Å²) in [5.41, 5.74) is 6.58. The number of guanidine groups is 1. The largest absolute Gasteiger partial charge is 0.370 e. The summed E-state index contributed by atoms with van der Waals surface area (Å²) in [6, 6.07) is 6.79. The van der Waals surface area contributed by atoms with Crippen molar-refractivity contribution < 1.29 is 4.79 Å². The van der Waals surface area contributed by atoms with Gasteiger partial charge < -0.3 is 16.0 Å². The zero-order chi connectivity index (χ0) is 15.9. The van der Waals surface area contributed by atoms with Gasteiger partial charge in [0.25, 0.3) is 5.91 Å². The SMILES string of the molecule is CC1CCN(C(N)=NCCNC(=O)c2ccc(Cl)cc2)CC1.I. The Morgan fingerprint density at radius 1 is 1.35 bits per heavy atom. The summed E-state index contributed by atoms with van der Waals surface area (Å²) >= 11 is 5.79. The van der Waals surface area contributed by atoms with Crippen LogP contribution in [-0.4, -0.2) is 42.9 Å². The predicted molar refractivity (Wildman–Crippen MR) is 106 cm³/mol. The van der Waals surface area contributed by atoms with Gasteiger partial charge in [0.15, 0.2) is 5.96 Å². The van der Waals surface area contributed by atoms with Gasteiger partial charge in [-0.2, -0.15) is 0 Å². The van der Waals surface area contributed by atoms with Crippen molar-refractivity contribution in [3.63, 3.8) is 0 Å². The maximum absolute atomic E-state index is 11.9. The molecule has 1 heterocycles. The first-order valence-corrected chi connectivity index (χ1v) is 8.02. The first kappa shape index (κ1) is 20.0. The van der Waals surface area contributed by atoms with E-state index in [0.29, 0.717) is 29.6 Å². The van der Waals surface area contributed by atoms with Crippen molar-refractivity contribution in [3.05, 3.63) is 34.9 Å². The molecule has 7 heteroatoms. The molecular formula is C16H24ClIN4O. The molecule has 0 saturated carbocycles. The molecule has 0 spiro atoms. The van der Waals surface area contributed by atoms with Crippen molar-refractivity contribution in [2.45, 2.75) is 19.8 Å². The highest BCUT2D eigenvalue weighted by molar-refractivity contribution is 14.0. The number of likely N-dealkylation sites (tertiary alicyclic amines) is 1. The fraction of sp³-hybridized carbons (Fsp3) is 0.500. The number of carbonyl (C=O) groups is 1. The third-order valence-corrected chi connectivity index (χ3v) is 4.14. The highest BCUT2D eigenvalue weighted by Gasteiger charge is 2.16. The lowest BCUT2D eigenvalue weighted by Gasteiger charge is -2.31. The van der Waals surface area contributed by atoms with Gasteiger partial charge in [-0.15, -0.1) is 24.0 Å². The van der Waals surface area contributed by atoms with Gasteiger partial charge in [-0.25, -0.2) is 0 Å². The number of rotatable bonds is 4. The van der Waals surface area contributed by atoms with E-state index in [1.165, 1.54) is 0 Å². The fourth-order valence-electron chi connectivity index (χ4n) is 2.38. The zero-order valence-corrected chi connectivity index (χ0v) is 16.4. The molecule has 1 fully saturated rings. The van der Waals surface area contributed by atoms with Gasteiger partial charge in [-0.1, -0.05) is 18.5 Å². The number of halogens is 2. The molecule has 1 saturated heterocycles. The third kappa shape index (κ3) is 6.55. The van der Waals surface area contributed by atoms with Crippen LogP contribution in [0.3, 0.4) is 0 Å². The Balaban J connectivity index is 0.00000264. The lowest BCUT2D eigenvalue weighted by molar-refractivity contribution is 0.0955. The molecule has 0 radical (unpaired) electrons. The Morgan fingerprint density at radius 2 is 1.96 bits per heavy atom. The maximum Gasteiger partial charge on any atom is 0.251 e. The minimum Gasteiger partial charge on any atom is -0.370 e. The minimum atomic E-state index is -0.128. The molecule has 1 aromatic carbocycles. The molecule has 0 bridgehead atoms. The molecule has 1 aliphatic rings. The number of aliphatic imine (C=N–C) groups is 1. The van der Waals surface area contributed by atoms with E-state index in [4.69, 9.17) is 17.3 Å². The quantitative estimate of drug-likeness (QED) is 0.321. The molecule has 0 atom stereocenters. The summed E-state index contributed by atoms with van der Waals surface area (Å²) < 4.78 is 0. The van der Waals surface area contributed by atoms with Crippen LogP contribution in [-0.2, 0) is 0 Å². The summed E-state index contributed by atoms with van der Waals surface area (Å²) in [6.45, 7) is 5.14. The Hall–Kier alpha value is -1.02. The number of hydrogen-bond donors (Lipinski definition) is 2. The molecule has 3 N–H and O–H groups in total. The van der Waals surface area contributed by atoms with Crippen molar-refractivity contribution >= 4 is 47.4 Å². The fourth-order valence-corrected chi connectivity index (χ4v) is 2.51. The summed E-state index contributed by atoms with van der Waals surface area (Å²) in [5, 5.41) is 3.44. The summed E-state index contributed by atoms with van der Waals surface area (Å²) in [6.07, 6.45) is 2.31. The van der Waals surface area contributed by atoms with Gasteiger partial charge in [-0.05, 0) is 43.0 Å². The van der Waals surface area contributed by atoms with Crippen molar-refractivity contribution in [1.29, 1.82) is 0 Å². The number of amides is 1. The smallest absolute Gasteiger partial charge is 0.251 e. The van der Waals surface area contributed by atoms with Crippen molar-refractivity contribution in [2.24, 2.45) is 16.6 Å². The van der Waals surface area contributed by atoms with E-state index >= 15 is 0 Å². The number of nitrogens with one attached hydrogen (secondary N) is 1. The van der Waals surface area contributed by atoms with Crippen LogP contribution in [0.2, 0.25) is 5.02 Å². The second kappa shape index (κ2) is 9.97. The highest BCUT2D eigenvalue weighted by atomic mass is 127. The van der Waals surface area contributed by atoms with Gasteiger partial charge in [0.05, 0.1) is 6.54 Å². The monoisotopic (exact) mass is 450 g/mol. The molecular weight excluding hydrogens is 427 g/mol. The lowest BCUT2D eigenvalue weighted by Crippen LogP contribution is -2.42. The average molecular weight is 451 g/mol. The molecule has 0 aliphatic carbocycles. The van der Waals surface area contributed by atoms with Gasteiger partial charge in [0, 0.05) is 30.2 Å². The summed E-state index contributed by atoms with van der Waals surface area (Å²) in [5.74, 6) is 1.22. The maximum atomic E-state index is 11.9. The second-order valence-corrected chi connectivity index (χ2v) is 6.11. The molecule has 5 nitrogen and oxygen atoms in total. The van der Waals surface area contributed by atoms with E-state index in [1.807, 2.05) is 0 Å². The van der Waals surface area contributed by atoms with Gasteiger partial charge in [-0.3, -0.25) is 9.79 Å². The molecule has 128 valence electrons. The van der Waals surface area contributed by atoms with Gasteiger partial charge in [0.1, 0.15) is 0 Å². The number of nitrogens with two attached hydrogens (primary N) is 1. The first-order chi connectivity index (χ1) is 10.6. The molecule has 23 heavy (non-hydrogen) atoms. The van der Waals surface area contributed by atoms with E-state index < -0.39 is 0 Å². The van der Waals surface area contributed by atoms with Crippen LogP contribution in [0.25, 0.3) is 0 Å². The normalized spacial score (nSPS) is 15.9. The minimum absolute atomic E-state index is 0. The molecule has 1 aromatic rings.